The number of rotatable bonds is 6. The smallest absolute Gasteiger partial charge is 0.194 e. The monoisotopic (exact) mass is 315 g/mol. The third kappa shape index (κ3) is 4.82. The van der Waals surface area contributed by atoms with Gasteiger partial charge in [-0.25, -0.2) is 0 Å². The lowest BCUT2D eigenvalue weighted by Crippen LogP contribution is -2.39. The number of aliphatic hydroxyl groups is 1. The summed E-state index contributed by atoms with van der Waals surface area (Å²) in [6.07, 6.45) is 4.75. The molecule has 1 unspecified atom stereocenters. The van der Waals surface area contributed by atoms with Crippen molar-refractivity contribution >= 4 is 5.96 Å². The van der Waals surface area contributed by atoms with Crippen LogP contribution in [0.25, 0.3) is 0 Å². The SMILES string of the molecule is CCNC(=NCC(O)c1ccncc1)N(C)Cc1cccn1C. The van der Waals surface area contributed by atoms with Crippen LogP contribution in [0.3, 0.4) is 0 Å². The fraction of sp³-hybridized carbons (Fsp3) is 0.412. The van der Waals surface area contributed by atoms with Crippen LogP contribution >= 0.6 is 0 Å². The zero-order chi connectivity index (χ0) is 16.7. The van der Waals surface area contributed by atoms with Crippen molar-refractivity contribution in [3.63, 3.8) is 0 Å². The molecular formula is C17H25N5O. The average Bonchev–Trinajstić information content (AvgIpc) is 2.96. The average molecular weight is 315 g/mol. The summed E-state index contributed by atoms with van der Waals surface area (Å²) in [7, 11) is 4.02. The molecule has 0 radical (unpaired) electrons. The fourth-order valence-electron chi connectivity index (χ4n) is 2.31. The Morgan fingerprint density at radius 1 is 1.39 bits per heavy atom. The lowest BCUT2D eigenvalue weighted by Gasteiger charge is -2.23. The number of hydrogen-bond acceptors (Lipinski definition) is 3. The first-order valence-electron chi connectivity index (χ1n) is 7.79. The van der Waals surface area contributed by atoms with Crippen molar-refractivity contribution in [3.05, 3.63) is 54.1 Å². The highest BCUT2D eigenvalue weighted by Gasteiger charge is 2.11. The molecule has 0 spiro atoms. The molecule has 2 rings (SSSR count). The van der Waals surface area contributed by atoms with Gasteiger partial charge in [0.25, 0.3) is 0 Å². The van der Waals surface area contributed by atoms with Crippen LogP contribution in [0.15, 0.2) is 47.8 Å². The first-order valence-corrected chi connectivity index (χ1v) is 7.79. The summed E-state index contributed by atoms with van der Waals surface area (Å²) >= 11 is 0. The van der Waals surface area contributed by atoms with Crippen LogP contribution in [-0.2, 0) is 13.6 Å². The molecule has 0 aliphatic heterocycles. The van der Waals surface area contributed by atoms with Crippen LogP contribution in [0.2, 0.25) is 0 Å². The summed E-state index contributed by atoms with van der Waals surface area (Å²) in [5.41, 5.74) is 2.03. The van der Waals surface area contributed by atoms with Gasteiger partial charge in [-0.2, -0.15) is 0 Å². The second-order valence-electron chi connectivity index (χ2n) is 5.46. The number of aromatic nitrogens is 2. The number of guanidine groups is 1. The number of nitrogens with one attached hydrogen (secondary N) is 1. The first-order chi connectivity index (χ1) is 11.1. The van der Waals surface area contributed by atoms with Crippen molar-refractivity contribution in [2.45, 2.75) is 19.6 Å². The number of nitrogens with zero attached hydrogens (tertiary/aromatic N) is 4. The Bertz CT molecular complexity index is 623. The van der Waals surface area contributed by atoms with Crippen LogP contribution in [-0.4, -0.2) is 45.7 Å². The van der Waals surface area contributed by atoms with Crippen LogP contribution in [0.5, 0.6) is 0 Å². The van der Waals surface area contributed by atoms with E-state index >= 15 is 0 Å². The maximum absolute atomic E-state index is 10.2. The fourth-order valence-corrected chi connectivity index (χ4v) is 2.31. The van der Waals surface area contributed by atoms with Gasteiger partial charge in [0.2, 0.25) is 0 Å². The molecular weight excluding hydrogens is 290 g/mol. The third-order valence-electron chi connectivity index (χ3n) is 3.65. The maximum Gasteiger partial charge on any atom is 0.194 e. The van der Waals surface area contributed by atoms with Gasteiger partial charge in [-0.05, 0) is 36.8 Å². The van der Waals surface area contributed by atoms with Crippen LogP contribution in [0.1, 0.15) is 24.3 Å². The lowest BCUT2D eigenvalue weighted by atomic mass is 10.1. The molecule has 2 heterocycles. The maximum atomic E-state index is 10.2. The van der Waals surface area contributed by atoms with Gasteiger partial charge < -0.3 is 19.9 Å². The molecule has 0 fully saturated rings. The summed E-state index contributed by atoms with van der Waals surface area (Å²) in [4.78, 5) is 10.6. The molecule has 0 aromatic carbocycles. The standard InChI is InChI=1S/C17H25N5O/c1-4-19-17(22(3)13-15-6-5-11-21(15)2)20-12-16(23)14-7-9-18-10-8-14/h5-11,16,23H,4,12-13H2,1-3H3,(H,19,20). The van der Waals surface area contributed by atoms with Gasteiger partial charge in [0.05, 0.1) is 19.2 Å². The molecule has 0 aliphatic rings. The Hall–Kier alpha value is -2.34. The first kappa shape index (κ1) is 17.0. The highest BCUT2D eigenvalue weighted by Crippen LogP contribution is 2.11. The Labute approximate surface area is 137 Å². The number of aliphatic imine (C=N–C) groups is 1. The number of pyridine rings is 1. The van der Waals surface area contributed by atoms with Gasteiger partial charge in [0.15, 0.2) is 5.96 Å². The Kier molecular flexibility index (Phi) is 6.17. The van der Waals surface area contributed by atoms with Crippen molar-refractivity contribution in [3.8, 4) is 0 Å². The Balaban J connectivity index is 2.03. The van der Waals surface area contributed by atoms with E-state index in [2.05, 4.69) is 30.8 Å². The van der Waals surface area contributed by atoms with E-state index in [1.54, 1.807) is 24.5 Å². The van der Waals surface area contributed by atoms with Crippen LogP contribution in [0.4, 0.5) is 0 Å². The highest BCUT2D eigenvalue weighted by atomic mass is 16.3. The van der Waals surface area contributed by atoms with Crippen molar-refractivity contribution in [2.75, 3.05) is 20.1 Å². The zero-order valence-electron chi connectivity index (χ0n) is 14.0. The van der Waals surface area contributed by atoms with Crippen LogP contribution < -0.4 is 5.32 Å². The van der Waals surface area contributed by atoms with E-state index in [0.717, 1.165) is 24.6 Å². The van der Waals surface area contributed by atoms with E-state index < -0.39 is 6.10 Å². The van der Waals surface area contributed by atoms with E-state index in [0.29, 0.717) is 6.54 Å². The topological polar surface area (TPSA) is 65.7 Å². The molecule has 0 amide bonds. The minimum absolute atomic E-state index is 0.309. The second kappa shape index (κ2) is 8.33. The molecule has 2 aromatic heterocycles. The molecule has 6 nitrogen and oxygen atoms in total. The normalized spacial score (nSPS) is 13.0. The van der Waals surface area contributed by atoms with E-state index in [1.807, 2.05) is 33.3 Å². The summed E-state index contributed by atoms with van der Waals surface area (Å²) in [5, 5.41) is 13.5. The van der Waals surface area contributed by atoms with E-state index in [4.69, 9.17) is 0 Å². The van der Waals surface area contributed by atoms with Gasteiger partial charge in [-0.1, -0.05) is 0 Å². The van der Waals surface area contributed by atoms with E-state index in [1.165, 1.54) is 5.69 Å². The molecule has 124 valence electrons. The number of aryl methyl sites for hydroxylation is 1. The summed E-state index contributed by atoms with van der Waals surface area (Å²) < 4.78 is 2.09. The number of hydrogen-bond donors (Lipinski definition) is 2. The van der Waals surface area contributed by atoms with Gasteiger partial charge in [-0.15, -0.1) is 0 Å². The predicted octanol–water partition coefficient (Wildman–Crippen LogP) is 1.55. The minimum Gasteiger partial charge on any atom is -0.386 e. The van der Waals surface area contributed by atoms with E-state index in [9.17, 15) is 5.11 Å². The lowest BCUT2D eigenvalue weighted by molar-refractivity contribution is 0.186. The van der Waals surface area contributed by atoms with Crippen molar-refractivity contribution in [1.29, 1.82) is 0 Å². The van der Waals surface area contributed by atoms with Gasteiger partial charge >= 0.3 is 0 Å². The minimum atomic E-state index is -0.630. The number of aliphatic hydroxyl groups excluding tert-OH is 1. The summed E-state index contributed by atoms with van der Waals surface area (Å²) in [6, 6.07) is 7.73. The molecule has 0 saturated carbocycles. The molecule has 0 bridgehead atoms. The van der Waals surface area contributed by atoms with Crippen molar-refractivity contribution in [2.24, 2.45) is 12.0 Å². The third-order valence-corrected chi connectivity index (χ3v) is 3.65. The van der Waals surface area contributed by atoms with Gasteiger partial charge in [0.1, 0.15) is 0 Å². The van der Waals surface area contributed by atoms with Crippen molar-refractivity contribution in [1.82, 2.24) is 19.8 Å². The molecule has 6 heteroatoms. The Morgan fingerprint density at radius 2 is 2.13 bits per heavy atom. The highest BCUT2D eigenvalue weighted by molar-refractivity contribution is 5.79. The predicted molar refractivity (Wildman–Crippen MR) is 92.1 cm³/mol. The van der Waals surface area contributed by atoms with Crippen molar-refractivity contribution < 1.29 is 5.11 Å². The summed E-state index contributed by atoms with van der Waals surface area (Å²) in [6.45, 7) is 3.87. The quantitative estimate of drug-likeness (QED) is 0.627. The van der Waals surface area contributed by atoms with E-state index in [-0.39, 0.29) is 0 Å². The molecule has 0 saturated heterocycles. The Morgan fingerprint density at radius 3 is 2.74 bits per heavy atom. The van der Waals surface area contributed by atoms with Crippen LogP contribution in [0, 0.1) is 0 Å². The zero-order valence-corrected chi connectivity index (χ0v) is 14.0. The van der Waals surface area contributed by atoms with Gasteiger partial charge in [-0.3, -0.25) is 9.98 Å². The molecule has 1 atom stereocenters. The molecule has 2 aromatic rings. The molecule has 2 N–H and O–H groups in total. The molecule has 23 heavy (non-hydrogen) atoms. The second-order valence-corrected chi connectivity index (χ2v) is 5.46. The summed E-state index contributed by atoms with van der Waals surface area (Å²) in [5.74, 6) is 0.779. The largest absolute Gasteiger partial charge is 0.386 e. The molecule has 0 aliphatic carbocycles. The van der Waals surface area contributed by atoms with Gasteiger partial charge in [0, 0.05) is 44.9 Å².